The minimum absolute atomic E-state index is 0.0882. The summed E-state index contributed by atoms with van der Waals surface area (Å²) in [6.45, 7) is 0. The second-order valence-electron chi connectivity index (χ2n) is 4.33. The SMILES string of the molecule is O=S(=O)(Nc1n[nH]c(-c2ccccc2)n1)Oc1ccccc1. The van der Waals surface area contributed by atoms with E-state index >= 15 is 0 Å². The molecule has 0 radical (unpaired) electrons. The van der Waals surface area contributed by atoms with Crippen LogP contribution in [0.2, 0.25) is 0 Å². The van der Waals surface area contributed by atoms with Gasteiger partial charge in [-0.1, -0.05) is 48.5 Å². The molecule has 0 unspecified atom stereocenters. The molecule has 1 aromatic heterocycles. The molecule has 8 heteroatoms. The van der Waals surface area contributed by atoms with Crippen molar-refractivity contribution in [1.29, 1.82) is 0 Å². The lowest BCUT2D eigenvalue weighted by molar-refractivity contribution is 0.492. The molecule has 0 saturated heterocycles. The van der Waals surface area contributed by atoms with E-state index in [-0.39, 0.29) is 11.7 Å². The minimum atomic E-state index is -4.05. The Morgan fingerprint density at radius 2 is 1.59 bits per heavy atom. The Morgan fingerprint density at radius 3 is 2.27 bits per heavy atom. The molecule has 0 spiro atoms. The number of H-pyrrole nitrogens is 1. The molecule has 0 aliphatic carbocycles. The zero-order valence-corrected chi connectivity index (χ0v) is 12.1. The molecule has 0 aliphatic heterocycles. The van der Waals surface area contributed by atoms with Gasteiger partial charge in [-0.05, 0) is 12.1 Å². The number of anilines is 1. The summed E-state index contributed by atoms with van der Waals surface area (Å²) in [6, 6.07) is 17.4. The molecule has 112 valence electrons. The fourth-order valence-corrected chi connectivity index (χ4v) is 2.49. The maximum absolute atomic E-state index is 11.9. The largest absolute Gasteiger partial charge is 0.409 e. The Balaban J connectivity index is 1.75. The van der Waals surface area contributed by atoms with Crippen molar-refractivity contribution in [2.24, 2.45) is 0 Å². The van der Waals surface area contributed by atoms with Crippen molar-refractivity contribution in [3.63, 3.8) is 0 Å². The van der Waals surface area contributed by atoms with Gasteiger partial charge in [0.05, 0.1) is 0 Å². The van der Waals surface area contributed by atoms with Crippen LogP contribution in [-0.4, -0.2) is 23.6 Å². The van der Waals surface area contributed by atoms with Gasteiger partial charge in [-0.2, -0.15) is 13.4 Å². The van der Waals surface area contributed by atoms with E-state index in [1.807, 2.05) is 30.3 Å². The van der Waals surface area contributed by atoms with E-state index in [9.17, 15) is 8.42 Å². The number of hydrogen-bond acceptors (Lipinski definition) is 5. The summed E-state index contributed by atoms with van der Waals surface area (Å²) in [5.41, 5.74) is 0.796. The monoisotopic (exact) mass is 316 g/mol. The smallest absolute Gasteiger partial charge is 0.367 e. The van der Waals surface area contributed by atoms with Crippen LogP contribution in [0, 0.1) is 0 Å². The Morgan fingerprint density at radius 1 is 0.955 bits per heavy atom. The zero-order chi connectivity index (χ0) is 15.4. The van der Waals surface area contributed by atoms with E-state index in [2.05, 4.69) is 19.9 Å². The molecule has 0 aliphatic rings. The summed E-state index contributed by atoms with van der Waals surface area (Å²) in [5, 5.41) is 6.48. The first-order valence-corrected chi connectivity index (χ1v) is 7.78. The second kappa shape index (κ2) is 5.86. The zero-order valence-electron chi connectivity index (χ0n) is 11.3. The molecule has 7 nitrogen and oxygen atoms in total. The highest BCUT2D eigenvalue weighted by molar-refractivity contribution is 7.88. The van der Waals surface area contributed by atoms with Gasteiger partial charge in [0.1, 0.15) is 5.75 Å². The Labute approximate surface area is 127 Å². The third-order valence-electron chi connectivity index (χ3n) is 2.70. The van der Waals surface area contributed by atoms with Crippen LogP contribution in [0.5, 0.6) is 5.75 Å². The predicted octanol–water partition coefficient (Wildman–Crippen LogP) is 2.21. The highest BCUT2D eigenvalue weighted by atomic mass is 32.2. The van der Waals surface area contributed by atoms with Crippen molar-refractivity contribution >= 4 is 16.3 Å². The van der Waals surface area contributed by atoms with Gasteiger partial charge in [0.25, 0.3) is 5.95 Å². The standard InChI is InChI=1S/C14H12N4O3S/c19-22(20,21-12-9-5-2-6-10-12)18-14-15-13(16-17-14)11-7-3-1-4-8-11/h1-10H,(H2,15,16,17,18). The third kappa shape index (κ3) is 3.41. The van der Waals surface area contributed by atoms with Crippen molar-refractivity contribution in [3.8, 4) is 17.1 Å². The number of hydrogen-bond donors (Lipinski definition) is 2. The highest BCUT2D eigenvalue weighted by Crippen LogP contribution is 2.16. The average molecular weight is 316 g/mol. The van der Waals surface area contributed by atoms with Crippen molar-refractivity contribution < 1.29 is 12.6 Å². The third-order valence-corrected chi connectivity index (χ3v) is 3.54. The molecule has 0 atom stereocenters. The first-order valence-electron chi connectivity index (χ1n) is 6.37. The normalized spacial score (nSPS) is 11.1. The first kappa shape index (κ1) is 14.1. The molecule has 0 fully saturated rings. The lowest BCUT2D eigenvalue weighted by Gasteiger charge is -2.05. The van der Waals surface area contributed by atoms with Gasteiger partial charge in [-0.15, -0.1) is 5.10 Å². The van der Waals surface area contributed by atoms with E-state index < -0.39 is 10.3 Å². The second-order valence-corrected chi connectivity index (χ2v) is 5.61. The van der Waals surface area contributed by atoms with E-state index in [1.54, 1.807) is 18.2 Å². The van der Waals surface area contributed by atoms with Crippen LogP contribution in [-0.2, 0) is 10.3 Å². The number of benzene rings is 2. The first-order chi connectivity index (χ1) is 10.6. The molecular weight excluding hydrogens is 304 g/mol. The summed E-state index contributed by atoms with van der Waals surface area (Å²) in [4.78, 5) is 4.07. The minimum Gasteiger partial charge on any atom is -0.367 e. The fraction of sp³-hybridized carbons (Fsp3) is 0. The molecule has 3 aromatic rings. The van der Waals surface area contributed by atoms with Gasteiger partial charge in [-0.3, -0.25) is 5.10 Å². The molecule has 2 N–H and O–H groups in total. The maximum atomic E-state index is 11.9. The number of aromatic amines is 1. The Hall–Kier alpha value is -2.87. The van der Waals surface area contributed by atoms with Crippen LogP contribution in [0.25, 0.3) is 11.4 Å². The summed E-state index contributed by atoms with van der Waals surface area (Å²) in [6.07, 6.45) is 0. The average Bonchev–Trinajstić information content (AvgIpc) is 2.96. The van der Waals surface area contributed by atoms with Crippen LogP contribution in [0.1, 0.15) is 0 Å². The van der Waals surface area contributed by atoms with E-state index in [4.69, 9.17) is 4.18 Å². The number of nitrogens with one attached hydrogen (secondary N) is 2. The van der Waals surface area contributed by atoms with Gasteiger partial charge in [0, 0.05) is 5.56 Å². The van der Waals surface area contributed by atoms with Crippen LogP contribution in [0.15, 0.2) is 60.7 Å². The summed E-state index contributed by atoms with van der Waals surface area (Å²) >= 11 is 0. The molecular formula is C14H12N4O3S. The highest BCUT2D eigenvalue weighted by Gasteiger charge is 2.16. The van der Waals surface area contributed by atoms with Gasteiger partial charge < -0.3 is 4.18 Å². The summed E-state index contributed by atoms with van der Waals surface area (Å²) in [5.74, 6) is 0.571. The predicted molar refractivity (Wildman–Crippen MR) is 81.4 cm³/mol. The van der Waals surface area contributed by atoms with Crippen molar-refractivity contribution in [2.45, 2.75) is 0 Å². The molecule has 0 saturated carbocycles. The number of para-hydroxylation sites is 1. The number of aromatic nitrogens is 3. The molecule has 0 amide bonds. The number of rotatable bonds is 5. The van der Waals surface area contributed by atoms with Gasteiger partial charge >= 0.3 is 10.3 Å². The van der Waals surface area contributed by atoms with E-state index in [0.29, 0.717) is 5.82 Å². The van der Waals surface area contributed by atoms with Gasteiger partial charge in [0.15, 0.2) is 5.82 Å². The molecule has 22 heavy (non-hydrogen) atoms. The fourth-order valence-electron chi connectivity index (χ4n) is 1.77. The van der Waals surface area contributed by atoms with Crippen molar-refractivity contribution in [1.82, 2.24) is 15.2 Å². The Bertz CT molecular complexity index is 848. The molecule has 2 aromatic carbocycles. The maximum Gasteiger partial charge on any atom is 0.409 e. The van der Waals surface area contributed by atoms with E-state index in [1.165, 1.54) is 12.1 Å². The molecule has 3 rings (SSSR count). The van der Waals surface area contributed by atoms with Crippen LogP contribution < -0.4 is 8.91 Å². The lowest BCUT2D eigenvalue weighted by atomic mass is 10.2. The van der Waals surface area contributed by atoms with Crippen LogP contribution >= 0.6 is 0 Å². The van der Waals surface area contributed by atoms with Crippen molar-refractivity contribution in [3.05, 3.63) is 60.7 Å². The van der Waals surface area contributed by atoms with Gasteiger partial charge in [-0.25, -0.2) is 4.72 Å². The summed E-state index contributed by atoms with van der Waals surface area (Å²) in [7, 11) is -4.05. The molecule has 0 bridgehead atoms. The van der Waals surface area contributed by atoms with Crippen LogP contribution in [0.4, 0.5) is 5.95 Å². The quantitative estimate of drug-likeness (QED) is 0.752. The van der Waals surface area contributed by atoms with Crippen LogP contribution in [0.3, 0.4) is 0 Å². The van der Waals surface area contributed by atoms with Crippen molar-refractivity contribution in [2.75, 3.05) is 4.72 Å². The molecule has 1 heterocycles. The topological polar surface area (TPSA) is 97.0 Å². The number of nitrogens with zero attached hydrogens (tertiary/aromatic N) is 2. The van der Waals surface area contributed by atoms with E-state index in [0.717, 1.165) is 5.56 Å². The lowest BCUT2D eigenvalue weighted by Crippen LogP contribution is -2.19. The summed E-state index contributed by atoms with van der Waals surface area (Å²) < 4.78 is 30.8. The Kier molecular flexibility index (Phi) is 3.75. The van der Waals surface area contributed by atoms with Gasteiger partial charge in [0.2, 0.25) is 0 Å².